The minimum absolute atomic E-state index is 0.206. The molecule has 2 aromatic rings. The molecule has 3 N–H and O–H groups in total. The molecule has 0 unspecified atom stereocenters. The zero-order valence-corrected chi connectivity index (χ0v) is 10.5. The first-order valence-corrected chi connectivity index (χ1v) is 6.14. The molecular weight excluding hydrogens is 228 g/mol. The minimum atomic E-state index is -0.430. The van der Waals surface area contributed by atoms with E-state index < -0.39 is 5.91 Å². The molecule has 1 heterocycles. The summed E-state index contributed by atoms with van der Waals surface area (Å²) >= 11 is 0. The van der Waals surface area contributed by atoms with Crippen LogP contribution in [-0.4, -0.2) is 15.6 Å². The van der Waals surface area contributed by atoms with Gasteiger partial charge in [-0.25, -0.2) is 0 Å². The maximum absolute atomic E-state index is 11.6. The third-order valence-electron chi connectivity index (χ3n) is 3.72. The van der Waals surface area contributed by atoms with E-state index in [9.17, 15) is 9.90 Å². The van der Waals surface area contributed by atoms with Crippen molar-refractivity contribution in [3.8, 4) is 5.75 Å². The normalized spacial score (nSPS) is 15.2. The summed E-state index contributed by atoms with van der Waals surface area (Å²) < 4.78 is 2.18. The Hall–Kier alpha value is -1.97. The van der Waals surface area contributed by atoms with Gasteiger partial charge in [-0.2, -0.15) is 0 Å². The molecule has 0 atom stereocenters. The van der Waals surface area contributed by atoms with Crippen molar-refractivity contribution in [3.63, 3.8) is 0 Å². The van der Waals surface area contributed by atoms with Crippen LogP contribution in [0, 0.1) is 13.8 Å². The number of fused-ring (bicyclic) bond motifs is 1. The highest BCUT2D eigenvalue weighted by Crippen LogP contribution is 2.42. The van der Waals surface area contributed by atoms with Crippen LogP contribution in [0.1, 0.15) is 40.5 Å². The van der Waals surface area contributed by atoms with Crippen molar-refractivity contribution in [1.82, 2.24) is 4.57 Å². The van der Waals surface area contributed by atoms with Gasteiger partial charge >= 0.3 is 0 Å². The Morgan fingerprint density at radius 2 is 2.06 bits per heavy atom. The number of hydrogen-bond acceptors (Lipinski definition) is 2. The van der Waals surface area contributed by atoms with E-state index in [0.717, 1.165) is 35.0 Å². The van der Waals surface area contributed by atoms with Gasteiger partial charge in [0, 0.05) is 22.6 Å². The van der Waals surface area contributed by atoms with Crippen LogP contribution < -0.4 is 5.73 Å². The number of hydrogen-bond donors (Lipinski definition) is 2. The van der Waals surface area contributed by atoms with Crippen LogP contribution in [0.25, 0.3) is 10.9 Å². The first-order valence-electron chi connectivity index (χ1n) is 6.14. The highest BCUT2D eigenvalue weighted by atomic mass is 16.3. The van der Waals surface area contributed by atoms with Gasteiger partial charge in [-0.1, -0.05) is 0 Å². The second-order valence-electron chi connectivity index (χ2n) is 5.08. The molecule has 1 aliphatic carbocycles. The number of aromatic hydroxyl groups is 1. The number of phenols is 1. The number of carbonyl (C=O) groups is 1. The predicted molar refractivity (Wildman–Crippen MR) is 69.9 cm³/mol. The van der Waals surface area contributed by atoms with Crippen LogP contribution in [0.5, 0.6) is 5.75 Å². The lowest BCUT2D eigenvalue weighted by Crippen LogP contribution is -2.12. The summed E-state index contributed by atoms with van der Waals surface area (Å²) in [6, 6.07) is 4.06. The number of phenolic OH excluding ortho intramolecular Hbond substituents is 1. The van der Waals surface area contributed by atoms with Crippen LogP contribution in [0.15, 0.2) is 12.1 Å². The topological polar surface area (TPSA) is 68.2 Å². The SMILES string of the molecule is Cc1cc2c(cc1O)c(C(N)=O)c(C)n2C1CC1. The van der Waals surface area contributed by atoms with E-state index in [1.54, 1.807) is 6.07 Å². The summed E-state index contributed by atoms with van der Waals surface area (Å²) in [6.45, 7) is 3.78. The molecule has 18 heavy (non-hydrogen) atoms. The van der Waals surface area contributed by atoms with Crippen molar-refractivity contribution < 1.29 is 9.90 Å². The number of carbonyl (C=O) groups excluding carboxylic acids is 1. The van der Waals surface area contributed by atoms with Gasteiger partial charge in [-0.15, -0.1) is 0 Å². The number of nitrogens with two attached hydrogens (primary N) is 1. The molecule has 1 fully saturated rings. The van der Waals surface area contributed by atoms with Crippen LogP contribution in [-0.2, 0) is 0 Å². The van der Waals surface area contributed by atoms with Crippen molar-refractivity contribution in [2.75, 3.05) is 0 Å². The van der Waals surface area contributed by atoms with Gasteiger partial charge in [-0.05, 0) is 44.4 Å². The number of aromatic nitrogens is 1. The molecule has 1 saturated carbocycles. The minimum Gasteiger partial charge on any atom is -0.508 e. The molecule has 94 valence electrons. The zero-order chi connectivity index (χ0) is 13.0. The Labute approximate surface area is 105 Å². The highest BCUT2D eigenvalue weighted by Gasteiger charge is 2.29. The van der Waals surface area contributed by atoms with Crippen LogP contribution in [0.2, 0.25) is 0 Å². The molecule has 0 radical (unpaired) electrons. The molecule has 1 aromatic heterocycles. The Balaban J connectivity index is 2.43. The van der Waals surface area contributed by atoms with E-state index >= 15 is 0 Å². The fourth-order valence-electron chi connectivity index (χ4n) is 2.69. The van der Waals surface area contributed by atoms with Crippen molar-refractivity contribution >= 4 is 16.8 Å². The third-order valence-corrected chi connectivity index (χ3v) is 3.72. The lowest BCUT2D eigenvalue weighted by Gasteiger charge is -2.06. The van der Waals surface area contributed by atoms with Gasteiger partial charge in [-0.3, -0.25) is 4.79 Å². The number of nitrogens with zero attached hydrogens (tertiary/aromatic N) is 1. The fraction of sp³-hybridized carbons (Fsp3) is 0.357. The summed E-state index contributed by atoms with van der Waals surface area (Å²) in [5.74, 6) is -0.224. The Kier molecular flexibility index (Phi) is 2.17. The summed E-state index contributed by atoms with van der Waals surface area (Å²) in [5.41, 5.74) is 8.73. The van der Waals surface area contributed by atoms with Gasteiger partial charge in [0.25, 0.3) is 5.91 Å². The molecule has 1 amide bonds. The lowest BCUT2D eigenvalue weighted by molar-refractivity contribution is 0.100. The van der Waals surface area contributed by atoms with E-state index in [1.807, 2.05) is 19.9 Å². The number of primary amides is 1. The van der Waals surface area contributed by atoms with Crippen molar-refractivity contribution in [2.45, 2.75) is 32.7 Å². The number of benzene rings is 1. The lowest BCUT2D eigenvalue weighted by atomic mass is 10.1. The van der Waals surface area contributed by atoms with Crippen LogP contribution >= 0.6 is 0 Å². The molecule has 0 aliphatic heterocycles. The second-order valence-corrected chi connectivity index (χ2v) is 5.08. The number of amides is 1. The quantitative estimate of drug-likeness (QED) is 0.851. The smallest absolute Gasteiger partial charge is 0.251 e. The fourth-order valence-corrected chi connectivity index (χ4v) is 2.69. The second kappa shape index (κ2) is 3.51. The van der Waals surface area contributed by atoms with Crippen molar-refractivity contribution in [2.24, 2.45) is 5.73 Å². The molecular formula is C14H16N2O2. The Morgan fingerprint density at radius 3 is 2.61 bits per heavy atom. The molecule has 4 heteroatoms. The Bertz CT molecular complexity index is 666. The number of aryl methyl sites for hydroxylation is 1. The molecule has 3 rings (SSSR count). The summed E-state index contributed by atoms with van der Waals surface area (Å²) in [4.78, 5) is 11.6. The van der Waals surface area contributed by atoms with Gasteiger partial charge in [0.1, 0.15) is 5.75 Å². The van der Waals surface area contributed by atoms with Gasteiger partial charge in [0.15, 0.2) is 0 Å². The zero-order valence-electron chi connectivity index (χ0n) is 10.5. The third kappa shape index (κ3) is 1.41. The van der Waals surface area contributed by atoms with E-state index in [1.165, 1.54) is 0 Å². The van der Waals surface area contributed by atoms with Gasteiger partial charge in [0.2, 0.25) is 0 Å². The van der Waals surface area contributed by atoms with Crippen LogP contribution in [0.3, 0.4) is 0 Å². The van der Waals surface area contributed by atoms with E-state index in [-0.39, 0.29) is 5.75 Å². The van der Waals surface area contributed by atoms with E-state index in [4.69, 9.17) is 5.73 Å². The average molecular weight is 244 g/mol. The maximum Gasteiger partial charge on any atom is 0.251 e. The average Bonchev–Trinajstić information content (AvgIpc) is 3.05. The molecule has 0 bridgehead atoms. The van der Waals surface area contributed by atoms with Crippen LogP contribution in [0.4, 0.5) is 0 Å². The largest absolute Gasteiger partial charge is 0.508 e. The summed E-state index contributed by atoms with van der Waals surface area (Å²) in [6.07, 6.45) is 2.28. The predicted octanol–water partition coefficient (Wildman–Crippen LogP) is 2.40. The first-order chi connectivity index (χ1) is 8.50. The molecule has 1 aromatic carbocycles. The molecule has 4 nitrogen and oxygen atoms in total. The highest BCUT2D eigenvalue weighted by molar-refractivity contribution is 6.08. The maximum atomic E-state index is 11.6. The Morgan fingerprint density at radius 1 is 1.39 bits per heavy atom. The van der Waals surface area contributed by atoms with Gasteiger partial charge < -0.3 is 15.4 Å². The van der Waals surface area contributed by atoms with E-state index in [2.05, 4.69) is 4.57 Å². The molecule has 1 aliphatic rings. The molecule has 0 saturated heterocycles. The van der Waals surface area contributed by atoms with Crippen molar-refractivity contribution in [1.29, 1.82) is 0 Å². The summed E-state index contributed by atoms with van der Waals surface area (Å²) in [5, 5.41) is 10.6. The first kappa shape index (κ1) is 11.1. The van der Waals surface area contributed by atoms with Gasteiger partial charge in [0.05, 0.1) is 5.56 Å². The molecule has 0 spiro atoms. The number of rotatable bonds is 2. The monoisotopic (exact) mass is 244 g/mol. The van der Waals surface area contributed by atoms with E-state index in [0.29, 0.717) is 11.6 Å². The standard InChI is InChI=1S/C14H16N2O2/c1-7-5-11-10(6-12(7)17)13(14(15)18)8(2)16(11)9-3-4-9/h5-6,9,17H,3-4H2,1-2H3,(H2,15,18). The van der Waals surface area contributed by atoms with Crippen molar-refractivity contribution in [3.05, 3.63) is 29.0 Å². The summed E-state index contributed by atoms with van der Waals surface area (Å²) in [7, 11) is 0.